The summed E-state index contributed by atoms with van der Waals surface area (Å²) in [5, 5.41) is 4.83. The van der Waals surface area contributed by atoms with Gasteiger partial charge in [0.1, 0.15) is 5.75 Å². The molecular weight excluding hydrogens is 362 g/mol. The zero-order valence-corrected chi connectivity index (χ0v) is 16.8. The molecule has 3 aromatic rings. The number of aryl methyl sites for hydroxylation is 1. The van der Waals surface area contributed by atoms with Gasteiger partial charge in [-0.3, -0.25) is 9.48 Å². The highest BCUT2D eigenvalue weighted by molar-refractivity contribution is 5.79. The minimum atomic E-state index is 0.221. The monoisotopic (exact) mass is 387 g/mol. The highest BCUT2D eigenvalue weighted by atomic mass is 16.5. The van der Waals surface area contributed by atoms with E-state index in [1.807, 2.05) is 65.2 Å². The molecule has 2 aromatic carbocycles. The van der Waals surface area contributed by atoms with Crippen molar-refractivity contribution in [3.8, 4) is 17.0 Å². The Hall–Kier alpha value is -3.08. The van der Waals surface area contributed by atoms with Crippen LogP contribution in [0.2, 0.25) is 0 Å². The van der Waals surface area contributed by atoms with Gasteiger partial charge in [0, 0.05) is 42.9 Å². The highest BCUT2D eigenvalue weighted by Gasteiger charge is 2.45. The summed E-state index contributed by atoms with van der Waals surface area (Å²) < 4.78 is 7.43. The zero-order chi connectivity index (χ0) is 20.0. The van der Waals surface area contributed by atoms with Gasteiger partial charge in [-0.05, 0) is 30.0 Å². The molecule has 2 heterocycles. The van der Waals surface area contributed by atoms with Gasteiger partial charge in [0.25, 0.3) is 0 Å². The number of nitrogens with zero attached hydrogens (tertiary/aromatic N) is 3. The van der Waals surface area contributed by atoms with Crippen LogP contribution < -0.4 is 4.74 Å². The van der Waals surface area contributed by atoms with Crippen molar-refractivity contribution in [3.63, 3.8) is 0 Å². The maximum atomic E-state index is 12.9. The van der Waals surface area contributed by atoms with Gasteiger partial charge < -0.3 is 9.64 Å². The van der Waals surface area contributed by atoms with Crippen LogP contribution in [0.15, 0.2) is 54.6 Å². The predicted molar refractivity (Wildman–Crippen MR) is 112 cm³/mol. The van der Waals surface area contributed by atoms with E-state index in [4.69, 9.17) is 9.84 Å². The van der Waals surface area contributed by atoms with Crippen molar-refractivity contribution < 1.29 is 9.53 Å². The summed E-state index contributed by atoms with van der Waals surface area (Å²) in [6.07, 6.45) is 1.46. The van der Waals surface area contributed by atoms with E-state index in [2.05, 4.69) is 6.07 Å². The zero-order valence-electron chi connectivity index (χ0n) is 16.8. The molecule has 0 saturated carbocycles. The summed E-state index contributed by atoms with van der Waals surface area (Å²) in [7, 11) is 3.72. The van der Waals surface area contributed by atoms with Crippen LogP contribution in [0.5, 0.6) is 5.75 Å². The third-order valence-corrected chi connectivity index (χ3v) is 6.37. The average molecular weight is 387 g/mol. The Morgan fingerprint density at radius 2 is 1.97 bits per heavy atom. The summed E-state index contributed by atoms with van der Waals surface area (Å²) in [6.45, 7) is 1.62. The van der Waals surface area contributed by atoms with Crippen molar-refractivity contribution in [2.75, 3.05) is 20.2 Å². The minimum Gasteiger partial charge on any atom is -0.497 e. The Balaban J connectivity index is 1.41. The van der Waals surface area contributed by atoms with E-state index in [0.717, 1.165) is 42.1 Å². The average Bonchev–Trinajstić information content (AvgIpc) is 3.39. The van der Waals surface area contributed by atoms with E-state index < -0.39 is 0 Å². The molecule has 148 valence electrons. The normalized spacial score (nSPS) is 19.9. The van der Waals surface area contributed by atoms with Crippen molar-refractivity contribution in [2.45, 2.75) is 18.8 Å². The van der Waals surface area contributed by atoms with Gasteiger partial charge in [0.2, 0.25) is 5.91 Å². The number of methoxy groups -OCH3 is 1. The lowest BCUT2D eigenvalue weighted by atomic mass is 9.94. The fourth-order valence-corrected chi connectivity index (χ4v) is 4.93. The highest BCUT2D eigenvalue weighted by Crippen LogP contribution is 2.47. The standard InChI is InChI=1S/C24H25N3O2/c1-26-21-13-18-14-27(22(28)11-16-7-4-3-5-8-16)15-20(18)23(21)24(25-26)17-9-6-10-19(12-17)29-2/h3-10,12,18,20H,11,13-15H2,1-2H3/t18-,20+/m0/s1. The molecule has 29 heavy (non-hydrogen) atoms. The van der Waals surface area contributed by atoms with E-state index in [0.29, 0.717) is 18.3 Å². The van der Waals surface area contributed by atoms with Crippen LogP contribution in [0.3, 0.4) is 0 Å². The third-order valence-electron chi connectivity index (χ3n) is 6.37. The molecule has 5 heteroatoms. The molecule has 1 aliphatic heterocycles. The Morgan fingerprint density at radius 1 is 1.14 bits per heavy atom. The van der Waals surface area contributed by atoms with Gasteiger partial charge in [-0.15, -0.1) is 0 Å². The Labute approximate surface area is 170 Å². The molecule has 1 fully saturated rings. The smallest absolute Gasteiger partial charge is 0.227 e. The number of hydrogen-bond donors (Lipinski definition) is 0. The number of benzene rings is 2. The second-order valence-corrected chi connectivity index (χ2v) is 8.10. The van der Waals surface area contributed by atoms with Crippen LogP contribution in [0, 0.1) is 5.92 Å². The summed E-state index contributed by atoms with van der Waals surface area (Å²) in [5.74, 6) is 1.90. The molecule has 1 aliphatic carbocycles. The Kier molecular flexibility index (Phi) is 4.38. The number of aromatic nitrogens is 2. The molecule has 1 aromatic heterocycles. The lowest BCUT2D eigenvalue weighted by molar-refractivity contribution is -0.129. The first-order valence-corrected chi connectivity index (χ1v) is 10.2. The number of carbonyl (C=O) groups is 1. The van der Waals surface area contributed by atoms with Gasteiger partial charge in [0.05, 0.1) is 19.2 Å². The van der Waals surface area contributed by atoms with Crippen LogP contribution in [0.1, 0.15) is 22.7 Å². The second-order valence-electron chi connectivity index (χ2n) is 8.10. The molecule has 5 rings (SSSR count). The maximum Gasteiger partial charge on any atom is 0.227 e. The largest absolute Gasteiger partial charge is 0.497 e. The lowest BCUT2D eigenvalue weighted by Gasteiger charge is -2.17. The molecule has 1 saturated heterocycles. The first-order valence-electron chi connectivity index (χ1n) is 10.2. The molecule has 0 spiro atoms. The second kappa shape index (κ2) is 7.07. The van der Waals surface area contributed by atoms with E-state index in [1.54, 1.807) is 7.11 Å². The predicted octanol–water partition coefficient (Wildman–Crippen LogP) is 3.44. The number of likely N-dealkylation sites (tertiary alicyclic amines) is 1. The van der Waals surface area contributed by atoms with E-state index >= 15 is 0 Å². The van der Waals surface area contributed by atoms with Gasteiger partial charge in [-0.1, -0.05) is 42.5 Å². The Morgan fingerprint density at radius 3 is 2.76 bits per heavy atom. The molecule has 1 amide bonds. The van der Waals surface area contributed by atoms with Gasteiger partial charge in [-0.25, -0.2) is 0 Å². The van der Waals surface area contributed by atoms with Gasteiger partial charge in [0.15, 0.2) is 0 Å². The molecule has 0 unspecified atom stereocenters. The number of carbonyl (C=O) groups excluding carboxylic acids is 1. The van der Waals surface area contributed by atoms with Crippen molar-refractivity contribution >= 4 is 5.91 Å². The number of amides is 1. The first kappa shape index (κ1) is 18.0. The number of ether oxygens (including phenoxy) is 1. The quantitative estimate of drug-likeness (QED) is 0.689. The fourth-order valence-electron chi connectivity index (χ4n) is 4.93. The molecule has 0 bridgehead atoms. The summed E-state index contributed by atoms with van der Waals surface area (Å²) >= 11 is 0. The van der Waals surface area contributed by atoms with Crippen molar-refractivity contribution in [3.05, 3.63) is 71.4 Å². The fraction of sp³-hybridized carbons (Fsp3) is 0.333. The van der Waals surface area contributed by atoms with Crippen LogP contribution in [0.4, 0.5) is 0 Å². The minimum absolute atomic E-state index is 0.221. The van der Waals surface area contributed by atoms with Crippen LogP contribution in [0.25, 0.3) is 11.3 Å². The third kappa shape index (κ3) is 3.11. The lowest BCUT2D eigenvalue weighted by Crippen LogP contribution is -2.31. The summed E-state index contributed by atoms with van der Waals surface area (Å²) in [5.41, 5.74) is 5.82. The SMILES string of the molecule is COc1cccc(-c2nn(C)c3c2[C@@H]2CN(C(=O)Cc4ccccc4)C[C@@H]2C3)c1. The van der Waals surface area contributed by atoms with Crippen molar-refractivity contribution in [2.24, 2.45) is 13.0 Å². The number of hydrogen-bond acceptors (Lipinski definition) is 3. The van der Waals surface area contributed by atoms with Gasteiger partial charge in [-0.2, -0.15) is 5.10 Å². The molecule has 2 aliphatic rings. The Bertz CT molecular complexity index is 1060. The first-order chi connectivity index (χ1) is 14.1. The summed E-state index contributed by atoms with van der Waals surface area (Å²) in [6, 6.07) is 18.1. The van der Waals surface area contributed by atoms with Crippen LogP contribution in [-0.4, -0.2) is 40.8 Å². The van der Waals surface area contributed by atoms with Crippen molar-refractivity contribution in [1.82, 2.24) is 14.7 Å². The van der Waals surface area contributed by atoms with Crippen molar-refractivity contribution in [1.29, 1.82) is 0 Å². The maximum absolute atomic E-state index is 12.9. The van der Waals surface area contributed by atoms with E-state index in [-0.39, 0.29) is 5.91 Å². The number of rotatable bonds is 4. The molecular formula is C24H25N3O2. The molecule has 5 nitrogen and oxygen atoms in total. The molecule has 0 N–H and O–H groups in total. The van der Waals surface area contributed by atoms with Crippen LogP contribution >= 0.6 is 0 Å². The van der Waals surface area contributed by atoms with Gasteiger partial charge >= 0.3 is 0 Å². The van der Waals surface area contributed by atoms with E-state index in [1.165, 1.54) is 11.3 Å². The number of fused-ring (bicyclic) bond motifs is 3. The molecule has 2 atom stereocenters. The molecule has 0 radical (unpaired) electrons. The summed E-state index contributed by atoms with van der Waals surface area (Å²) in [4.78, 5) is 14.9. The van der Waals surface area contributed by atoms with Crippen LogP contribution in [-0.2, 0) is 24.7 Å². The topological polar surface area (TPSA) is 47.4 Å². The van der Waals surface area contributed by atoms with E-state index in [9.17, 15) is 4.79 Å².